The van der Waals surface area contributed by atoms with Crippen molar-refractivity contribution >= 4 is 45.8 Å². The van der Waals surface area contributed by atoms with Crippen molar-refractivity contribution in [2.75, 3.05) is 5.32 Å². The molecule has 0 fully saturated rings. The second kappa shape index (κ2) is 7.30. The van der Waals surface area contributed by atoms with Crippen LogP contribution in [0.25, 0.3) is 22.4 Å². The Kier molecular flexibility index (Phi) is 4.84. The second-order valence-corrected chi connectivity index (χ2v) is 7.51. The van der Waals surface area contributed by atoms with Crippen LogP contribution >= 0.6 is 23.2 Å². The first-order valence-corrected chi connectivity index (χ1v) is 9.50. The number of benzene rings is 3. The molecule has 140 valence electrons. The Morgan fingerprint density at radius 3 is 2.36 bits per heavy atom. The first-order chi connectivity index (χ1) is 13.4. The number of hydrogen-bond acceptors (Lipinski definition) is 2. The van der Waals surface area contributed by atoms with Crippen molar-refractivity contribution in [3.8, 4) is 11.4 Å². The lowest BCUT2D eigenvalue weighted by molar-refractivity contribution is 0.102. The molecule has 0 bridgehead atoms. The number of imidazole rings is 1. The summed E-state index contributed by atoms with van der Waals surface area (Å²) < 4.78 is 0. The molecule has 0 spiro atoms. The van der Waals surface area contributed by atoms with Gasteiger partial charge in [0, 0.05) is 16.8 Å². The molecular weight excluding hydrogens is 393 g/mol. The summed E-state index contributed by atoms with van der Waals surface area (Å²) in [5.74, 6) is 0.545. The van der Waals surface area contributed by atoms with E-state index < -0.39 is 0 Å². The number of H-pyrrole nitrogens is 1. The molecular formula is C22H17Cl2N3O. The third kappa shape index (κ3) is 3.61. The third-order valence-electron chi connectivity index (χ3n) is 4.70. The van der Waals surface area contributed by atoms with Crippen LogP contribution in [0.4, 0.5) is 5.69 Å². The van der Waals surface area contributed by atoms with Crippen LogP contribution in [0.5, 0.6) is 0 Å². The lowest BCUT2D eigenvalue weighted by Gasteiger charge is -2.07. The van der Waals surface area contributed by atoms with Crippen LogP contribution < -0.4 is 5.32 Å². The summed E-state index contributed by atoms with van der Waals surface area (Å²) in [6.07, 6.45) is 0. The molecule has 0 aliphatic carbocycles. The highest BCUT2D eigenvalue weighted by molar-refractivity contribution is 6.42. The summed E-state index contributed by atoms with van der Waals surface area (Å²) in [4.78, 5) is 20.4. The van der Waals surface area contributed by atoms with Gasteiger partial charge in [0.05, 0.1) is 21.1 Å². The van der Waals surface area contributed by atoms with Crippen molar-refractivity contribution in [3.05, 3.63) is 81.3 Å². The van der Waals surface area contributed by atoms with E-state index in [1.807, 2.05) is 24.3 Å². The first-order valence-electron chi connectivity index (χ1n) is 8.74. The number of carbonyl (C=O) groups excluding carboxylic acids is 1. The van der Waals surface area contributed by atoms with Crippen LogP contribution in [0.3, 0.4) is 0 Å². The van der Waals surface area contributed by atoms with Crippen LogP contribution in [-0.2, 0) is 0 Å². The summed E-state index contributed by atoms with van der Waals surface area (Å²) in [6.45, 7) is 4.16. The number of halogens is 2. The number of rotatable bonds is 3. The fourth-order valence-electron chi connectivity index (χ4n) is 2.96. The number of fused-ring (bicyclic) bond motifs is 1. The lowest BCUT2D eigenvalue weighted by Crippen LogP contribution is -2.11. The fraction of sp³-hybridized carbons (Fsp3) is 0.0909. The Bertz CT molecular complexity index is 1160. The van der Waals surface area contributed by atoms with Gasteiger partial charge in [-0.1, -0.05) is 23.2 Å². The van der Waals surface area contributed by atoms with Gasteiger partial charge in [-0.05, 0) is 79.6 Å². The quantitative estimate of drug-likeness (QED) is 0.410. The summed E-state index contributed by atoms with van der Waals surface area (Å²) >= 11 is 11.9. The highest BCUT2D eigenvalue weighted by Crippen LogP contribution is 2.25. The number of nitrogens with zero attached hydrogens (tertiary/aromatic N) is 1. The molecule has 28 heavy (non-hydrogen) atoms. The molecule has 2 N–H and O–H groups in total. The zero-order valence-electron chi connectivity index (χ0n) is 15.3. The average Bonchev–Trinajstić information content (AvgIpc) is 3.07. The molecule has 0 saturated carbocycles. The van der Waals surface area contributed by atoms with E-state index in [2.05, 4.69) is 41.3 Å². The van der Waals surface area contributed by atoms with E-state index in [0.29, 0.717) is 21.3 Å². The lowest BCUT2D eigenvalue weighted by atomic mass is 10.1. The van der Waals surface area contributed by atoms with Crippen molar-refractivity contribution in [2.24, 2.45) is 0 Å². The van der Waals surface area contributed by atoms with Gasteiger partial charge in [-0.3, -0.25) is 4.79 Å². The van der Waals surface area contributed by atoms with Crippen LogP contribution in [-0.4, -0.2) is 15.9 Å². The predicted octanol–water partition coefficient (Wildman–Crippen LogP) is 6.41. The number of aromatic nitrogens is 2. The van der Waals surface area contributed by atoms with E-state index in [4.69, 9.17) is 23.2 Å². The van der Waals surface area contributed by atoms with Crippen molar-refractivity contribution < 1.29 is 4.79 Å². The number of hydrogen-bond donors (Lipinski definition) is 2. The Hall–Kier alpha value is -2.82. The summed E-state index contributed by atoms with van der Waals surface area (Å²) in [5.41, 5.74) is 6.46. The molecule has 4 aromatic rings. The largest absolute Gasteiger partial charge is 0.338 e. The van der Waals surface area contributed by atoms with Gasteiger partial charge in [-0.15, -0.1) is 0 Å². The van der Waals surface area contributed by atoms with Gasteiger partial charge in [-0.25, -0.2) is 4.98 Å². The fourth-order valence-corrected chi connectivity index (χ4v) is 3.26. The molecule has 0 radical (unpaired) electrons. The Morgan fingerprint density at radius 2 is 1.64 bits per heavy atom. The predicted molar refractivity (Wildman–Crippen MR) is 115 cm³/mol. The van der Waals surface area contributed by atoms with E-state index >= 15 is 0 Å². The molecule has 0 aliphatic rings. The van der Waals surface area contributed by atoms with Gasteiger partial charge in [0.25, 0.3) is 5.91 Å². The van der Waals surface area contributed by atoms with E-state index in [1.54, 1.807) is 18.2 Å². The normalized spacial score (nSPS) is 11.0. The monoisotopic (exact) mass is 409 g/mol. The van der Waals surface area contributed by atoms with Gasteiger partial charge in [0.2, 0.25) is 0 Å². The third-order valence-corrected chi connectivity index (χ3v) is 5.43. The van der Waals surface area contributed by atoms with E-state index in [0.717, 1.165) is 22.4 Å². The molecule has 0 unspecified atom stereocenters. The maximum absolute atomic E-state index is 12.4. The number of aromatic amines is 1. The minimum Gasteiger partial charge on any atom is -0.338 e. The molecule has 1 aromatic heterocycles. The second-order valence-electron chi connectivity index (χ2n) is 6.70. The number of nitrogens with one attached hydrogen (secondary N) is 2. The first kappa shape index (κ1) is 18.5. The van der Waals surface area contributed by atoms with Crippen LogP contribution in [0, 0.1) is 13.8 Å². The summed E-state index contributed by atoms with van der Waals surface area (Å²) in [7, 11) is 0. The van der Waals surface area contributed by atoms with Gasteiger partial charge >= 0.3 is 0 Å². The molecule has 1 heterocycles. The van der Waals surface area contributed by atoms with Gasteiger partial charge in [0.1, 0.15) is 5.82 Å². The van der Waals surface area contributed by atoms with Crippen LogP contribution in [0.1, 0.15) is 21.5 Å². The minimum absolute atomic E-state index is 0.249. The number of anilines is 1. The highest BCUT2D eigenvalue weighted by atomic mass is 35.5. The molecule has 0 atom stereocenters. The van der Waals surface area contributed by atoms with E-state index in [9.17, 15) is 4.79 Å². The minimum atomic E-state index is -0.249. The van der Waals surface area contributed by atoms with Crippen molar-refractivity contribution in [2.45, 2.75) is 13.8 Å². The maximum atomic E-state index is 12.4. The summed E-state index contributed by atoms with van der Waals surface area (Å²) in [6, 6.07) is 16.5. The average molecular weight is 410 g/mol. The Labute approximate surface area is 172 Å². The van der Waals surface area contributed by atoms with Crippen molar-refractivity contribution in [3.63, 3.8) is 0 Å². The highest BCUT2D eigenvalue weighted by Gasteiger charge is 2.10. The van der Waals surface area contributed by atoms with Gasteiger partial charge in [-0.2, -0.15) is 0 Å². The van der Waals surface area contributed by atoms with Crippen LogP contribution in [0.15, 0.2) is 54.6 Å². The van der Waals surface area contributed by atoms with E-state index in [1.165, 1.54) is 11.1 Å². The maximum Gasteiger partial charge on any atom is 0.255 e. The van der Waals surface area contributed by atoms with Crippen molar-refractivity contribution in [1.82, 2.24) is 9.97 Å². The molecule has 0 saturated heterocycles. The molecule has 4 rings (SSSR count). The Morgan fingerprint density at radius 1 is 0.929 bits per heavy atom. The molecule has 1 amide bonds. The number of amides is 1. The SMILES string of the molecule is Cc1cc2nc(-c3ccc(NC(=O)c4ccc(Cl)c(Cl)c4)cc3)[nH]c2cc1C. The molecule has 0 aliphatic heterocycles. The number of carbonyl (C=O) groups is 1. The van der Waals surface area contributed by atoms with Crippen LogP contribution in [0.2, 0.25) is 10.0 Å². The standard InChI is InChI=1S/C22H17Cl2N3O/c1-12-9-19-20(10-13(12)2)27-21(26-19)14-3-6-16(7-4-14)25-22(28)15-5-8-17(23)18(24)11-15/h3-11H,1-2H3,(H,25,28)(H,26,27). The van der Waals surface area contributed by atoms with Gasteiger partial charge < -0.3 is 10.3 Å². The molecule has 6 heteroatoms. The zero-order chi connectivity index (χ0) is 19.8. The smallest absolute Gasteiger partial charge is 0.255 e. The van der Waals surface area contributed by atoms with Crippen molar-refractivity contribution in [1.29, 1.82) is 0 Å². The Balaban J connectivity index is 1.55. The number of aryl methyl sites for hydroxylation is 2. The molecule has 3 aromatic carbocycles. The zero-order valence-corrected chi connectivity index (χ0v) is 16.8. The summed E-state index contributed by atoms with van der Waals surface area (Å²) in [5, 5.41) is 3.62. The van der Waals surface area contributed by atoms with E-state index in [-0.39, 0.29) is 5.91 Å². The topological polar surface area (TPSA) is 57.8 Å². The molecule has 4 nitrogen and oxygen atoms in total. The van der Waals surface area contributed by atoms with Gasteiger partial charge in [0.15, 0.2) is 0 Å².